The second kappa shape index (κ2) is 9.28. The Morgan fingerprint density at radius 3 is 2.38 bits per heavy atom. The van der Waals surface area contributed by atoms with Crippen LogP contribution in [-0.2, 0) is 6.61 Å². The van der Waals surface area contributed by atoms with Gasteiger partial charge in [0.25, 0.3) is 5.91 Å². The van der Waals surface area contributed by atoms with Crippen LogP contribution in [0.4, 0.5) is 5.69 Å². The molecule has 1 N–H and O–H groups in total. The number of nitrogens with one attached hydrogen (secondary N) is 1. The van der Waals surface area contributed by atoms with E-state index in [9.17, 15) is 4.79 Å². The minimum absolute atomic E-state index is 0.158. The topological polar surface area (TPSA) is 47.6 Å². The van der Waals surface area contributed by atoms with Crippen molar-refractivity contribution < 1.29 is 14.3 Å². The van der Waals surface area contributed by atoms with Gasteiger partial charge in [0.15, 0.2) is 0 Å². The zero-order valence-corrected chi connectivity index (χ0v) is 17.4. The molecule has 1 amide bonds. The van der Waals surface area contributed by atoms with Crippen molar-refractivity contribution in [2.75, 3.05) is 11.9 Å². The smallest absolute Gasteiger partial charge is 0.255 e. The first kappa shape index (κ1) is 20.5. The molecule has 3 aromatic carbocycles. The first-order valence-corrected chi connectivity index (χ1v) is 9.80. The number of hydrogen-bond donors (Lipinski definition) is 1. The van der Waals surface area contributed by atoms with E-state index in [2.05, 4.69) is 19.2 Å². The third kappa shape index (κ3) is 5.17. The van der Waals surface area contributed by atoms with Crippen molar-refractivity contribution in [3.8, 4) is 11.5 Å². The molecule has 0 aliphatic carbocycles. The molecule has 0 aliphatic rings. The molecule has 4 heteroatoms. The van der Waals surface area contributed by atoms with Gasteiger partial charge in [-0.15, -0.1) is 0 Å². The van der Waals surface area contributed by atoms with Gasteiger partial charge in [-0.3, -0.25) is 4.79 Å². The maximum atomic E-state index is 12.8. The highest BCUT2D eigenvalue weighted by atomic mass is 16.5. The van der Waals surface area contributed by atoms with Gasteiger partial charge < -0.3 is 14.8 Å². The minimum Gasteiger partial charge on any atom is -0.493 e. The molecule has 0 aromatic heterocycles. The Balaban J connectivity index is 1.80. The summed E-state index contributed by atoms with van der Waals surface area (Å²) >= 11 is 0. The van der Waals surface area contributed by atoms with E-state index in [1.165, 1.54) is 11.1 Å². The highest BCUT2D eigenvalue weighted by Crippen LogP contribution is 2.25. The molecule has 0 fully saturated rings. The molecule has 0 unspecified atom stereocenters. The highest BCUT2D eigenvalue weighted by Gasteiger charge is 2.12. The normalized spacial score (nSPS) is 10.5. The Morgan fingerprint density at radius 1 is 0.862 bits per heavy atom. The Hall–Kier alpha value is -3.27. The van der Waals surface area contributed by atoms with Crippen LogP contribution in [-0.4, -0.2) is 12.5 Å². The summed E-state index contributed by atoms with van der Waals surface area (Å²) < 4.78 is 11.7. The first-order valence-electron chi connectivity index (χ1n) is 9.80. The van der Waals surface area contributed by atoms with Gasteiger partial charge >= 0.3 is 0 Å². The van der Waals surface area contributed by atoms with Gasteiger partial charge in [0.05, 0.1) is 6.61 Å². The lowest BCUT2D eigenvalue weighted by molar-refractivity contribution is 0.102. The van der Waals surface area contributed by atoms with Crippen molar-refractivity contribution in [3.63, 3.8) is 0 Å². The molecule has 0 spiro atoms. The van der Waals surface area contributed by atoms with E-state index >= 15 is 0 Å². The van der Waals surface area contributed by atoms with E-state index in [-0.39, 0.29) is 5.91 Å². The fourth-order valence-corrected chi connectivity index (χ4v) is 3.00. The van der Waals surface area contributed by atoms with Gasteiger partial charge in [0.1, 0.15) is 18.1 Å². The molecule has 150 valence electrons. The van der Waals surface area contributed by atoms with E-state index < -0.39 is 0 Å². The molecule has 4 nitrogen and oxygen atoms in total. The van der Waals surface area contributed by atoms with Gasteiger partial charge in [-0.1, -0.05) is 24.3 Å². The van der Waals surface area contributed by atoms with Gasteiger partial charge in [-0.05, 0) is 80.8 Å². The molecule has 0 bridgehead atoms. The van der Waals surface area contributed by atoms with Crippen LogP contribution < -0.4 is 14.8 Å². The first-order chi connectivity index (χ1) is 14.0. The Bertz CT molecular complexity index is 1010. The molecular formula is C25H27NO3. The molecule has 3 aromatic rings. The average molecular weight is 389 g/mol. The van der Waals surface area contributed by atoms with Crippen LogP contribution >= 0.6 is 0 Å². The predicted molar refractivity (Wildman–Crippen MR) is 117 cm³/mol. The van der Waals surface area contributed by atoms with Crippen LogP contribution in [0.2, 0.25) is 0 Å². The Labute approximate surface area is 172 Å². The average Bonchev–Trinajstić information content (AvgIpc) is 2.71. The zero-order chi connectivity index (χ0) is 20.8. The minimum atomic E-state index is -0.158. The summed E-state index contributed by atoms with van der Waals surface area (Å²) in [5.41, 5.74) is 5.63. The lowest BCUT2D eigenvalue weighted by Crippen LogP contribution is -2.13. The molecule has 0 heterocycles. The summed E-state index contributed by atoms with van der Waals surface area (Å²) in [6.45, 7) is 8.91. The maximum Gasteiger partial charge on any atom is 0.255 e. The van der Waals surface area contributed by atoms with E-state index in [0.29, 0.717) is 18.8 Å². The summed E-state index contributed by atoms with van der Waals surface area (Å²) in [4.78, 5) is 12.8. The third-order valence-corrected chi connectivity index (χ3v) is 4.89. The number of aryl methyl sites for hydroxylation is 3. The lowest BCUT2D eigenvalue weighted by Gasteiger charge is -2.14. The van der Waals surface area contributed by atoms with Crippen LogP contribution in [0.25, 0.3) is 0 Å². The number of hydrogen-bond acceptors (Lipinski definition) is 3. The fourth-order valence-electron chi connectivity index (χ4n) is 3.00. The summed E-state index contributed by atoms with van der Waals surface area (Å²) in [7, 11) is 0. The molecule has 3 rings (SSSR count). The lowest BCUT2D eigenvalue weighted by atomic mass is 10.1. The van der Waals surface area contributed by atoms with Crippen molar-refractivity contribution in [2.24, 2.45) is 0 Å². The van der Waals surface area contributed by atoms with Gasteiger partial charge in [0, 0.05) is 16.8 Å². The monoisotopic (exact) mass is 389 g/mol. The number of anilines is 1. The molecule has 0 saturated heterocycles. The molecular weight excluding hydrogens is 362 g/mol. The Morgan fingerprint density at radius 2 is 1.66 bits per heavy atom. The van der Waals surface area contributed by atoms with Crippen LogP contribution in [0.15, 0.2) is 60.7 Å². The summed E-state index contributed by atoms with van der Waals surface area (Å²) in [5, 5.41) is 2.97. The van der Waals surface area contributed by atoms with Crippen molar-refractivity contribution in [1.82, 2.24) is 0 Å². The summed E-state index contributed by atoms with van der Waals surface area (Å²) in [5.74, 6) is 1.36. The van der Waals surface area contributed by atoms with Crippen molar-refractivity contribution >= 4 is 11.6 Å². The second-order valence-electron chi connectivity index (χ2n) is 7.06. The molecule has 0 aliphatic heterocycles. The fraction of sp³-hybridized carbons (Fsp3) is 0.240. The number of para-hydroxylation sites is 1. The quantitative estimate of drug-likeness (QED) is 0.552. The summed E-state index contributed by atoms with van der Waals surface area (Å²) in [6, 6.07) is 19.2. The SMILES string of the molecule is CCOc1ccc(C(=O)Nc2ccccc2C)cc1COc1ccc(C)c(C)c1. The van der Waals surface area contributed by atoms with Crippen molar-refractivity contribution in [2.45, 2.75) is 34.3 Å². The maximum absolute atomic E-state index is 12.8. The van der Waals surface area contributed by atoms with Gasteiger partial charge in [-0.2, -0.15) is 0 Å². The van der Waals surface area contributed by atoms with E-state index in [1.807, 2.05) is 68.4 Å². The van der Waals surface area contributed by atoms with Crippen LogP contribution in [0.3, 0.4) is 0 Å². The molecule has 0 radical (unpaired) electrons. The third-order valence-electron chi connectivity index (χ3n) is 4.89. The number of amides is 1. The van der Waals surface area contributed by atoms with Crippen molar-refractivity contribution in [1.29, 1.82) is 0 Å². The van der Waals surface area contributed by atoms with Gasteiger partial charge in [0.2, 0.25) is 0 Å². The zero-order valence-electron chi connectivity index (χ0n) is 17.4. The number of benzene rings is 3. The van der Waals surface area contributed by atoms with E-state index in [0.717, 1.165) is 28.3 Å². The highest BCUT2D eigenvalue weighted by molar-refractivity contribution is 6.04. The molecule has 0 atom stereocenters. The number of carbonyl (C=O) groups is 1. The molecule has 29 heavy (non-hydrogen) atoms. The predicted octanol–water partition coefficient (Wildman–Crippen LogP) is 5.84. The standard InChI is InChI=1S/C25H27NO3/c1-5-28-24-13-11-20(25(27)26-23-9-7-6-8-18(23)3)15-21(24)16-29-22-12-10-17(2)19(4)14-22/h6-15H,5,16H2,1-4H3,(H,26,27). The Kier molecular flexibility index (Phi) is 6.55. The van der Waals surface area contributed by atoms with E-state index in [4.69, 9.17) is 9.47 Å². The van der Waals surface area contributed by atoms with Crippen LogP contribution in [0, 0.1) is 20.8 Å². The molecule has 0 saturated carbocycles. The van der Waals surface area contributed by atoms with Crippen LogP contribution in [0.1, 0.15) is 39.5 Å². The van der Waals surface area contributed by atoms with Crippen LogP contribution in [0.5, 0.6) is 11.5 Å². The van der Waals surface area contributed by atoms with E-state index in [1.54, 1.807) is 6.07 Å². The number of rotatable bonds is 7. The summed E-state index contributed by atoms with van der Waals surface area (Å²) in [6.07, 6.45) is 0. The largest absolute Gasteiger partial charge is 0.493 e. The van der Waals surface area contributed by atoms with Crippen molar-refractivity contribution in [3.05, 3.63) is 88.5 Å². The number of carbonyl (C=O) groups excluding carboxylic acids is 1. The second-order valence-corrected chi connectivity index (χ2v) is 7.06. The number of ether oxygens (including phenoxy) is 2. The van der Waals surface area contributed by atoms with Gasteiger partial charge in [-0.25, -0.2) is 0 Å².